The summed E-state index contributed by atoms with van der Waals surface area (Å²) in [5.74, 6) is 1.20. The predicted molar refractivity (Wildman–Crippen MR) is 109 cm³/mol. The molecule has 2 aromatic rings. The van der Waals surface area contributed by atoms with Crippen molar-refractivity contribution < 1.29 is 14.3 Å². The van der Waals surface area contributed by atoms with Crippen molar-refractivity contribution in [3.05, 3.63) is 53.7 Å². The molecule has 1 N–H and O–H groups in total. The smallest absolute Gasteiger partial charge is 0.251 e. The van der Waals surface area contributed by atoms with Crippen molar-refractivity contribution in [1.29, 1.82) is 0 Å². The van der Waals surface area contributed by atoms with Gasteiger partial charge >= 0.3 is 0 Å². The second-order valence-electron chi connectivity index (χ2n) is 6.91. The normalized spacial score (nSPS) is 15.6. The van der Waals surface area contributed by atoms with E-state index in [-0.39, 0.29) is 11.9 Å². The summed E-state index contributed by atoms with van der Waals surface area (Å²) in [6.45, 7) is 5.07. The van der Waals surface area contributed by atoms with E-state index in [1.165, 1.54) is 24.8 Å². The molecule has 0 aliphatic carbocycles. The summed E-state index contributed by atoms with van der Waals surface area (Å²) in [6, 6.07) is 11.7. The Morgan fingerprint density at radius 2 is 1.93 bits per heavy atom. The van der Waals surface area contributed by atoms with Crippen LogP contribution >= 0.6 is 0 Å². The highest BCUT2D eigenvalue weighted by Crippen LogP contribution is 2.26. The van der Waals surface area contributed by atoms with Crippen LogP contribution in [-0.2, 0) is 0 Å². The molecular formula is C22H29N3O3. The van der Waals surface area contributed by atoms with Gasteiger partial charge in [-0.15, -0.1) is 0 Å². The van der Waals surface area contributed by atoms with Gasteiger partial charge in [-0.3, -0.25) is 9.69 Å². The molecule has 1 saturated heterocycles. The second-order valence-corrected chi connectivity index (χ2v) is 6.91. The van der Waals surface area contributed by atoms with E-state index >= 15 is 0 Å². The summed E-state index contributed by atoms with van der Waals surface area (Å²) in [6.07, 6.45) is 5.27. The summed E-state index contributed by atoms with van der Waals surface area (Å²) in [7, 11) is 1.67. The number of piperidine rings is 1. The molecule has 0 bridgehead atoms. The number of nitrogens with one attached hydrogen (secondary N) is 1. The van der Waals surface area contributed by atoms with Crippen LogP contribution in [0.25, 0.3) is 0 Å². The second kappa shape index (κ2) is 10.1. The summed E-state index contributed by atoms with van der Waals surface area (Å²) in [5.41, 5.74) is 1.75. The van der Waals surface area contributed by atoms with Gasteiger partial charge in [0.2, 0.25) is 5.88 Å². The number of likely N-dealkylation sites (tertiary alicyclic amines) is 1. The SMILES string of the molecule is CCOc1cc(C(=O)NCC(c2ccc(OC)cc2)N2CCCCC2)ccn1. The van der Waals surface area contributed by atoms with Gasteiger partial charge in [-0.2, -0.15) is 0 Å². The Balaban J connectivity index is 1.71. The van der Waals surface area contributed by atoms with Crippen LogP contribution in [0, 0.1) is 0 Å². The average molecular weight is 383 g/mol. The molecular weight excluding hydrogens is 354 g/mol. The van der Waals surface area contributed by atoms with Crippen LogP contribution in [0.1, 0.15) is 48.1 Å². The van der Waals surface area contributed by atoms with E-state index in [9.17, 15) is 4.79 Å². The van der Waals surface area contributed by atoms with Crippen molar-refractivity contribution in [3.8, 4) is 11.6 Å². The molecule has 0 saturated carbocycles. The third-order valence-electron chi connectivity index (χ3n) is 5.08. The van der Waals surface area contributed by atoms with Crippen molar-refractivity contribution >= 4 is 5.91 Å². The van der Waals surface area contributed by atoms with E-state index in [0.717, 1.165) is 18.8 Å². The standard InChI is InChI=1S/C22H29N3O3/c1-3-28-21-15-18(11-12-23-21)22(26)24-16-20(25-13-5-4-6-14-25)17-7-9-19(27-2)10-8-17/h7-12,15,20H,3-6,13-14,16H2,1-2H3,(H,24,26). The molecule has 150 valence electrons. The molecule has 1 aromatic carbocycles. The number of benzene rings is 1. The fourth-order valence-electron chi connectivity index (χ4n) is 3.58. The number of ether oxygens (including phenoxy) is 2. The molecule has 1 atom stereocenters. The lowest BCUT2D eigenvalue weighted by Crippen LogP contribution is -2.40. The Labute approximate surface area is 166 Å². The number of methoxy groups -OCH3 is 1. The third-order valence-corrected chi connectivity index (χ3v) is 5.08. The van der Waals surface area contributed by atoms with E-state index in [0.29, 0.717) is 24.6 Å². The van der Waals surface area contributed by atoms with Gasteiger partial charge in [-0.1, -0.05) is 18.6 Å². The fraction of sp³-hybridized carbons (Fsp3) is 0.455. The number of nitrogens with zero attached hydrogens (tertiary/aromatic N) is 2. The molecule has 0 spiro atoms. The van der Waals surface area contributed by atoms with Crippen LogP contribution in [0.5, 0.6) is 11.6 Å². The van der Waals surface area contributed by atoms with Crippen LogP contribution in [-0.4, -0.2) is 49.1 Å². The van der Waals surface area contributed by atoms with Crippen LogP contribution in [0.3, 0.4) is 0 Å². The first kappa shape index (κ1) is 20.1. The van der Waals surface area contributed by atoms with Gasteiger partial charge < -0.3 is 14.8 Å². The maximum absolute atomic E-state index is 12.7. The molecule has 6 nitrogen and oxygen atoms in total. The zero-order valence-corrected chi connectivity index (χ0v) is 16.7. The maximum Gasteiger partial charge on any atom is 0.251 e. The highest BCUT2D eigenvalue weighted by atomic mass is 16.5. The van der Waals surface area contributed by atoms with Gasteiger partial charge in [0.15, 0.2) is 0 Å². The molecule has 1 amide bonds. The third kappa shape index (κ3) is 5.23. The zero-order valence-electron chi connectivity index (χ0n) is 16.7. The number of carbonyl (C=O) groups is 1. The van der Waals surface area contributed by atoms with Gasteiger partial charge in [0.1, 0.15) is 5.75 Å². The van der Waals surface area contributed by atoms with E-state index in [1.807, 2.05) is 19.1 Å². The fourth-order valence-corrected chi connectivity index (χ4v) is 3.58. The number of pyridine rings is 1. The molecule has 6 heteroatoms. The highest BCUT2D eigenvalue weighted by molar-refractivity contribution is 5.94. The minimum atomic E-state index is -0.112. The van der Waals surface area contributed by atoms with Gasteiger partial charge in [-0.05, 0) is 56.6 Å². The summed E-state index contributed by atoms with van der Waals surface area (Å²) in [4.78, 5) is 19.3. The van der Waals surface area contributed by atoms with E-state index in [4.69, 9.17) is 9.47 Å². The van der Waals surface area contributed by atoms with E-state index in [2.05, 4.69) is 27.3 Å². The van der Waals surface area contributed by atoms with Crippen molar-refractivity contribution in [3.63, 3.8) is 0 Å². The summed E-state index contributed by atoms with van der Waals surface area (Å²) >= 11 is 0. The maximum atomic E-state index is 12.7. The Kier molecular flexibility index (Phi) is 7.25. The lowest BCUT2D eigenvalue weighted by molar-refractivity contribution is 0.0923. The molecule has 1 fully saturated rings. The van der Waals surface area contributed by atoms with Crippen LogP contribution in [0.4, 0.5) is 0 Å². The number of hydrogen-bond acceptors (Lipinski definition) is 5. The Bertz CT molecular complexity index is 758. The van der Waals surface area contributed by atoms with Gasteiger partial charge in [0.05, 0.1) is 19.8 Å². The molecule has 1 unspecified atom stereocenters. The van der Waals surface area contributed by atoms with Crippen molar-refractivity contribution in [2.24, 2.45) is 0 Å². The minimum absolute atomic E-state index is 0.112. The molecule has 3 rings (SSSR count). The topological polar surface area (TPSA) is 63.7 Å². The number of aromatic nitrogens is 1. The van der Waals surface area contributed by atoms with Gasteiger partial charge in [0.25, 0.3) is 5.91 Å². The monoisotopic (exact) mass is 383 g/mol. The number of carbonyl (C=O) groups excluding carboxylic acids is 1. The molecule has 1 aliphatic heterocycles. The molecule has 1 aromatic heterocycles. The van der Waals surface area contributed by atoms with E-state index in [1.54, 1.807) is 25.4 Å². The number of hydrogen-bond donors (Lipinski definition) is 1. The van der Waals surface area contributed by atoms with Crippen molar-refractivity contribution in [2.75, 3.05) is 33.4 Å². The zero-order chi connectivity index (χ0) is 19.8. The van der Waals surface area contributed by atoms with Gasteiger partial charge in [0, 0.05) is 24.4 Å². The van der Waals surface area contributed by atoms with Crippen molar-refractivity contribution in [1.82, 2.24) is 15.2 Å². The minimum Gasteiger partial charge on any atom is -0.497 e. The highest BCUT2D eigenvalue weighted by Gasteiger charge is 2.23. The quantitative estimate of drug-likeness (QED) is 0.756. The Hall–Kier alpha value is -2.60. The molecule has 1 aliphatic rings. The summed E-state index contributed by atoms with van der Waals surface area (Å²) < 4.78 is 10.7. The summed E-state index contributed by atoms with van der Waals surface area (Å²) in [5, 5.41) is 3.10. The largest absolute Gasteiger partial charge is 0.497 e. The predicted octanol–water partition coefficient (Wildman–Crippen LogP) is 3.45. The number of amides is 1. The molecule has 2 heterocycles. The first-order valence-electron chi connectivity index (χ1n) is 9.96. The Morgan fingerprint density at radius 3 is 2.61 bits per heavy atom. The first-order chi connectivity index (χ1) is 13.7. The lowest BCUT2D eigenvalue weighted by atomic mass is 10.0. The van der Waals surface area contributed by atoms with Crippen LogP contribution in [0.2, 0.25) is 0 Å². The van der Waals surface area contributed by atoms with Crippen molar-refractivity contribution in [2.45, 2.75) is 32.2 Å². The van der Waals surface area contributed by atoms with Crippen LogP contribution < -0.4 is 14.8 Å². The average Bonchev–Trinajstić information content (AvgIpc) is 2.75. The van der Waals surface area contributed by atoms with Gasteiger partial charge in [-0.25, -0.2) is 4.98 Å². The number of rotatable bonds is 8. The van der Waals surface area contributed by atoms with Crippen LogP contribution in [0.15, 0.2) is 42.6 Å². The Morgan fingerprint density at radius 1 is 1.18 bits per heavy atom. The lowest BCUT2D eigenvalue weighted by Gasteiger charge is -2.35. The first-order valence-corrected chi connectivity index (χ1v) is 9.96. The molecule has 0 radical (unpaired) electrons. The van der Waals surface area contributed by atoms with E-state index < -0.39 is 0 Å². The molecule has 28 heavy (non-hydrogen) atoms.